The lowest BCUT2D eigenvalue weighted by molar-refractivity contribution is -0.115. The Hall–Kier alpha value is -0.690. The van der Waals surface area contributed by atoms with Gasteiger partial charge in [0.15, 0.2) is 5.78 Å². The summed E-state index contributed by atoms with van der Waals surface area (Å²) in [5, 5.41) is 7.91. The van der Waals surface area contributed by atoms with Crippen LogP contribution in [0.4, 0.5) is 0 Å². The Morgan fingerprint density at radius 1 is 1.60 bits per heavy atom. The molecule has 0 heterocycles. The highest BCUT2D eigenvalue weighted by atomic mass is 31.2. The van der Waals surface area contributed by atoms with Gasteiger partial charge >= 0.3 is 7.60 Å². The van der Waals surface area contributed by atoms with E-state index in [1.54, 1.807) is 0 Å². The predicted octanol–water partition coefficient (Wildman–Crippen LogP) is -0.353. The van der Waals surface area contributed by atoms with Crippen molar-refractivity contribution < 1.29 is 19.1 Å². The van der Waals surface area contributed by atoms with E-state index in [4.69, 9.17) is 15.0 Å². The molecule has 5 nitrogen and oxygen atoms in total. The average Bonchev–Trinajstić information content (AvgIpc) is 1.59. The minimum absolute atomic E-state index is 0.439. The first-order valence-corrected chi connectivity index (χ1v) is 4.18. The fourth-order valence-electron chi connectivity index (χ4n) is 0.374. The SMILES string of the molecule is N#CCC(=O)CP(=O)(O)O. The molecule has 0 atom stereocenters. The summed E-state index contributed by atoms with van der Waals surface area (Å²) in [5.41, 5.74) is 0. The van der Waals surface area contributed by atoms with Gasteiger partial charge in [0, 0.05) is 0 Å². The summed E-state index contributed by atoms with van der Waals surface area (Å²) in [4.78, 5) is 26.7. The molecule has 2 N–H and O–H groups in total. The van der Waals surface area contributed by atoms with Crippen LogP contribution < -0.4 is 0 Å². The molecule has 0 saturated heterocycles. The second-order valence-corrected chi connectivity index (χ2v) is 3.34. The molecule has 0 aliphatic carbocycles. The number of nitriles is 1. The van der Waals surface area contributed by atoms with Crippen molar-refractivity contribution in [1.82, 2.24) is 0 Å². The number of Topliss-reactive ketones (excluding diaryl/α,β-unsaturated/α-hetero) is 1. The maximum absolute atomic E-state index is 10.3. The van der Waals surface area contributed by atoms with Crippen LogP contribution in [0.15, 0.2) is 0 Å². The van der Waals surface area contributed by atoms with Gasteiger partial charge in [0.2, 0.25) is 0 Å². The molecule has 56 valence electrons. The number of hydrogen-bond acceptors (Lipinski definition) is 3. The fraction of sp³-hybridized carbons (Fsp3) is 0.500. The quantitative estimate of drug-likeness (QED) is 0.554. The summed E-state index contributed by atoms with van der Waals surface area (Å²) in [6.45, 7) is 0. The van der Waals surface area contributed by atoms with Crippen LogP contribution in [0.25, 0.3) is 0 Å². The molecule has 0 aliphatic rings. The highest BCUT2D eigenvalue weighted by Gasteiger charge is 2.17. The molecule has 0 aromatic heterocycles. The highest BCUT2D eigenvalue weighted by Crippen LogP contribution is 2.33. The van der Waals surface area contributed by atoms with Crippen LogP contribution in [0.1, 0.15) is 6.42 Å². The first-order valence-electron chi connectivity index (χ1n) is 2.39. The van der Waals surface area contributed by atoms with Crippen molar-refractivity contribution in [2.45, 2.75) is 6.42 Å². The maximum Gasteiger partial charge on any atom is 0.332 e. The predicted molar refractivity (Wildman–Crippen MR) is 32.1 cm³/mol. The van der Waals surface area contributed by atoms with Crippen molar-refractivity contribution >= 4 is 13.4 Å². The zero-order valence-corrected chi connectivity index (χ0v) is 5.91. The topological polar surface area (TPSA) is 98.4 Å². The first kappa shape index (κ1) is 9.31. The molecule has 0 rings (SSSR count). The smallest absolute Gasteiger partial charge is 0.324 e. The molecule has 10 heavy (non-hydrogen) atoms. The van der Waals surface area contributed by atoms with E-state index in [2.05, 4.69) is 0 Å². The normalized spacial score (nSPS) is 10.5. The molecule has 0 aliphatic heterocycles. The Bertz CT molecular complexity index is 212. The van der Waals surface area contributed by atoms with Gasteiger partial charge < -0.3 is 9.79 Å². The van der Waals surface area contributed by atoms with Gasteiger partial charge in [-0.25, -0.2) is 0 Å². The Balaban J connectivity index is 3.84. The Labute approximate surface area is 57.4 Å². The summed E-state index contributed by atoms with van der Waals surface area (Å²) in [5.74, 6) is -0.726. The van der Waals surface area contributed by atoms with E-state index in [0.717, 1.165) is 0 Å². The average molecular weight is 163 g/mol. The van der Waals surface area contributed by atoms with Crippen LogP contribution in [0, 0.1) is 11.3 Å². The van der Waals surface area contributed by atoms with Gasteiger partial charge in [-0.3, -0.25) is 9.36 Å². The van der Waals surface area contributed by atoms with Gasteiger partial charge in [-0.2, -0.15) is 5.26 Å². The Kier molecular flexibility index (Phi) is 3.23. The lowest BCUT2D eigenvalue weighted by Gasteiger charge is -1.97. The molecule has 0 aromatic rings. The van der Waals surface area contributed by atoms with Crippen molar-refractivity contribution in [3.05, 3.63) is 0 Å². The molecular formula is C4H6NO4P. The molecule has 0 unspecified atom stereocenters. The van der Waals surface area contributed by atoms with E-state index in [0.29, 0.717) is 0 Å². The van der Waals surface area contributed by atoms with Gasteiger partial charge in [0.05, 0.1) is 12.5 Å². The van der Waals surface area contributed by atoms with E-state index >= 15 is 0 Å². The summed E-state index contributed by atoms with van der Waals surface area (Å²) >= 11 is 0. The Morgan fingerprint density at radius 2 is 2.10 bits per heavy atom. The molecule has 0 saturated carbocycles. The van der Waals surface area contributed by atoms with Crippen molar-refractivity contribution in [2.24, 2.45) is 0 Å². The third kappa shape index (κ3) is 5.45. The van der Waals surface area contributed by atoms with Crippen LogP contribution in [0.3, 0.4) is 0 Å². The number of carbonyl (C=O) groups is 1. The third-order valence-corrected chi connectivity index (χ3v) is 1.42. The monoisotopic (exact) mass is 163 g/mol. The second kappa shape index (κ2) is 3.47. The molecule has 0 spiro atoms. The molecule has 6 heteroatoms. The third-order valence-electron chi connectivity index (χ3n) is 0.659. The van der Waals surface area contributed by atoms with Crippen molar-refractivity contribution in [2.75, 3.05) is 6.16 Å². The maximum atomic E-state index is 10.3. The van der Waals surface area contributed by atoms with Crippen molar-refractivity contribution in [1.29, 1.82) is 5.26 Å². The van der Waals surface area contributed by atoms with Gasteiger partial charge in [-0.05, 0) is 0 Å². The summed E-state index contributed by atoms with van der Waals surface area (Å²) in [7, 11) is -4.25. The minimum Gasteiger partial charge on any atom is -0.324 e. The van der Waals surface area contributed by atoms with Gasteiger partial charge in [-0.1, -0.05) is 0 Å². The summed E-state index contributed by atoms with van der Waals surface area (Å²) in [6.07, 6.45) is -1.27. The van der Waals surface area contributed by atoms with Crippen LogP contribution in [-0.2, 0) is 9.36 Å². The van der Waals surface area contributed by atoms with Gasteiger partial charge in [-0.15, -0.1) is 0 Å². The van der Waals surface area contributed by atoms with Gasteiger partial charge in [0.1, 0.15) is 6.16 Å². The lowest BCUT2D eigenvalue weighted by atomic mass is 10.3. The van der Waals surface area contributed by atoms with Gasteiger partial charge in [0.25, 0.3) is 0 Å². The standard InChI is InChI=1S/C4H6NO4P/c5-2-1-4(6)3-10(7,8)9/h1,3H2,(H2,7,8,9). The van der Waals surface area contributed by atoms with E-state index < -0.39 is 26.0 Å². The number of nitrogens with zero attached hydrogens (tertiary/aromatic N) is 1. The van der Waals surface area contributed by atoms with Crippen molar-refractivity contribution in [3.8, 4) is 6.07 Å². The van der Waals surface area contributed by atoms with Crippen LogP contribution in [0.2, 0.25) is 0 Å². The second-order valence-electron chi connectivity index (χ2n) is 1.70. The zero-order valence-electron chi connectivity index (χ0n) is 5.02. The summed E-state index contributed by atoms with van der Waals surface area (Å²) < 4.78 is 10.1. The van der Waals surface area contributed by atoms with E-state index in [1.165, 1.54) is 6.07 Å². The van der Waals surface area contributed by atoms with Crippen LogP contribution >= 0.6 is 7.60 Å². The molecule has 0 amide bonds. The molecule has 0 aromatic carbocycles. The van der Waals surface area contributed by atoms with E-state index in [1.807, 2.05) is 0 Å². The number of ketones is 1. The molecular weight excluding hydrogens is 157 g/mol. The van der Waals surface area contributed by atoms with Crippen LogP contribution in [0.5, 0.6) is 0 Å². The molecule has 0 radical (unpaired) electrons. The minimum atomic E-state index is -4.25. The van der Waals surface area contributed by atoms with Crippen LogP contribution in [-0.4, -0.2) is 21.7 Å². The number of carbonyl (C=O) groups excluding carboxylic acids is 1. The van der Waals surface area contributed by atoms with E-state index in [-0.39, 0.29) is 0 Å². The molecule has 0 bridgehead atoms. The lowest BCUT2D eigenvalue weighted by Crippen LogP contribution is -2.03. The molecule has 0 fully saturated rings. The zero-order chi connectivity index (χ0) is 8.20. The first-order chi connectivity index (χ1) is 4.45. The highest BCUT2D eigenvalue weighted by molar-refractivity contribution is 7.52. The van der Waals surface area contributed by atoms with E-state index in [9.17, 15) is 9.36 Å². The number of rotatable bonds is 3. The fourth-order valence-corrected chi connectivity index (χ4v) is 0.945. The number of hydrogen-bond donors (Lipinski definition) is 2. The Morgan fingerprint density at radius 3 is 2.40 bits per heavy atom. The largest absolute Gasteiger partial charge is 0.332 e. The van der Waals surface area contributed by atoms with Crippen molar-refractivity contribution in [3.63, 3.8) is 0 Å². The summed E-state index contributed by atoms with van der Waals surface area (Å²) in [6, 6.07) is 1.50.